The standard InChI is InChI=1S/C18H27N3/c1-4-9-18(10-6-11-19-13-18)17-20-15-12-14(3)7-8-16(15)21(17)5-2/h7-8,12,19H,4-6,9-11,13H2,1-3H3. The summed E-state index contributed by atoms with van der Waals surface area (Å²) in [6.45, 7) is 9.90. The van der Waals surface area contributed by atoms with Gasteiger partial charge in [-0.1, -0.05) is 19.4 Å². The van der Waals surface area contributed by atoms with E-state index < -0.39 is 0 Å². The van der Waals surface area contributed by atoms with Gasteiger partial charge in [0.15, 0.2) is 0 Å². The SMILES string of the molecule is CCCC1(c2nc3cc(C)ccc3n2CC)CCCNC1. The highest BCUT2D eigenvalue weighted by Gasteiger charge is 2.37. The van der Waals surface area contributed by atoms with Crippen LogP contribution >= 0.6 is 0 Å². The smallest absolute Gasteiger partial charge is 0.117 e. The molecule has 1 saturated heterocycles. The molecule has 1 N–H and O–H groups in total. The van der Waals surface area contributed by atoms with E-state index in [-0.39, 0.29) is 5.41 Å². The summed E-state index contributed by atoms with van der Waals surface area (Å²) in [6, 6.07) is 6.66. The Morgan fingerprint density at radius 3 is 2.86 bits per heavy atom. The molecular weight excluding hydrogens is 258 g/mol. The van der Waals surface area contributed by atoms with Crippen molar-refractivity contribution in [3.05, 3.63) is 29.6 Å². The number of nitrogens with one attached hydrogen (secondary N) is 1. The van der Waals surface area contributed by atoms with Crippen LogP contribution in [-0.2, 0) is 12.0 Å². The highest BCUT2D eigenvalue weighted by Crippen LogP contribution is 2.37. The van der Waals surface area contributed by atoms with Crippen molar-refractivity contribution in [2.24, 2.45) is 0 Å². The molecule has 1 aliphatic rings. The lowest BCUT2D eigenvalue weighted by Gasteiger charge is -2.37. The van der Waals surface area contributed by atoms with Gasteiger partial charge in [-0.3, -0.25) is 0 Å². The van der Waals surface area contributed by atoms with Gasteiger partial charge in [-0.2, -0.15) is 0 Å². The number of imidazole rings is 1. The Hall–Kier alpha value is -1.35. The van der Waals surface area contributed by atoms with Crippen LogP contribution in [-0.4, -0.2) is 22.6 Å². The zero-order chi connectivity index (χ0) is 14.9. The van der Waals surface area contributed by atoms with E-state index in [9.17, 15) is 0 Å². The summed E-state index contributed by atoms with van der Waals surface area (Å²) >= 11 is 0. The van der Waals surface area contributed by atoms with E-state index >= 15 is 0 Å². The first-order chi connectivity index (χ1) is 10.2. The maximum absolute atomic E-state index is 5.08. The Labute approximate surface area is 127 Å². The molecule has 3 nitrogen and oxygen atoms in total. The lowest BCUT2D eigenvalue weighted by atomic mass is 9.76. The van der Waals surface area contributed by atoms with Gasteiger partial charge in [-0.25, -0.2) is 4.98 Å². The van der Waals surface area contributed by atoms with E-state index in [1.165, 1.54) is 42.6 Å². The molecule has 3 rings (SSSR count). The Balaban J connectivity index is 2.16. The number of hydrogen-bond donors (Lipinski definition) is 1. The van der Waals surface area contributed by atoms with Crippen LogP contribution < -0.4 is 5.32 Å². The predicted octanol–water partition coefficient (Wildman–Crippen LogP) is 3.79. The summed E-state index contributed by atoms with van der Waals surface area (Å²) < 4.78 is 2.44. The second-order valence-corrected chi connectivity index (χ2v) is 6.48. The van der Waals surface area contributed by atoms with Gasteiger partial charge >= 0.3 is 0 Å². The Morgan fingerprint density at radius 1 is 1.33 bits per heavy atom. The molecule has 0 aliphatic carbocycles. The molecule has 1 aliphatic heterocycles. The summed E-state index contributed by atoms with van der Waals surface area (Å²) in [6.07, 6.45) is 4.96. The molecule has 2 aromatic rings. The fourth-order valence-corrected chi connectivity index (χ4v) is 3.93. The number of fused-ring (bicyclic) bond motifs is 1. The summed E-state index contributed by atoms with van der Waals surface area (Å²) in [5.41, 5.74) is 3.96. The van der Waals surface area contributed by atoms with E-state index in [1.54, 1.807) is 0 Å². The van der Waals surface area contributed by atoms with Gasteiger partial charge in [-0.05, 0) is 57.4 Å². The van der Waals surface area contributed by atoms with E-state index in [0.717, 1.165) is 25.2 Å². The molecule has 114 valence electrons. The van der Waals surface area contributed by atoms with Crippen molar-refractivity contribution in [2.75, 3.05) is 13.1 Å². The second kappa shape index (κ2) is 5.80. The molecule has 1 fully saturated rings. The second-order valence-electron chi connectivity index (χ2n) is 6.48. The highest BCUT2D eigenvalue weighted by atomic mass is 15.1. The third-order valence-corrected chi connectivity index (χ3v) is 4.90. The Bertz CT molecular complexity index is 615. The lowest BCUT2D eigenvalue weighted by molar-refractivity contribution is 0.269. The molecular formula is C18H27N3. The largest absolute Gasteiger partial charge is 0.328 e. The van der Waals surface area contributed by atoms with E-state index in [2.05, 4.69) is 48.9 Å². The van der Waals surface area contributed by atoms with Crippen LogP contribution in [0, 0.1) is 6.92 Å². The number of aryl methyl sites for hydroxylation is 2. The first-order valence-corrected chi connectivity index (χ1v) is 8.38. The third-order valence-electron chi connectivity index (χ3n) is 4.90. The minimum atomic E-state index is 0.218. The fraction of sp³-hybridized carbons (Fsp3) is 0.611. The maximum Gasteiger partial charge on any atom is 0.117 e. The lowest BCUT2D eigenvalue weighted by Crippen LogP contribution is -2.45. The topological polar surface area (TPSA) is 29.9 Å². The number of aromatic nitrogens is 2. The number of rotatable bonds is 4. The van der Waals surface area contributed by atoms with Crippen LogP contribution in [0.3, 0.4) is 0 Å². The minimum Gasteiger partial charge on any atom is -0.328 e. The molecule has 2 heterocycles. The van der Waals surface area contributed by atoms with Crippen LogP contribution in [0.25, 0.3) is 11.0 Å². The molecule has 0 radical (unpaired) electrons. The van der Waals surface area contributed by atoms with Crippen molar-refractivity contribution in [1.82, 2.24) is 14.9 Å². The van der Waals surface area contributed by atoms with Gasteiger partial charge in [0.25, 0.3) is 0 Å². The molecule has 1 atom stereocenters. The number of hydrogen-bond acceptors (Lipinski definition) is 2. The monoisotopic (exact) mass is 285 g/mol. The number of benzene rings is 1. The van der Waals surface area contributed by atoms with Crippen molar-refractivity contribution >= 4 is 11.0 Å². The fourth-order valence-electron chi connectivity index (χ4n) is 3.93. The first-order valence-electron chi connectivity index (χ1n) is 8.38. The summed E-state index contributed by atoms with van der Waals surface area (Å²) in [4.78, 5) is 5.08. The molecule has 3 heteroatoms. The van der Waals surface area contributed by atoms with Gasteiger partial charge in [0.1, 0.15) is 5.82 Å². The van der Waals surface area contributed by atoms with Crippen molar-refractivity contribution < 1.29 is 0 Å². The molecule has 1 aromatic carbocycles. The van der Waals surface area contributed by atoms with E-state index in [4.69, 9.17) is 4.98 Å². The molecule has 0 amide bonds. The number of nitrogens with zero attached hydrogens (tertiary/aromatic N) is 2. The molecule has 1 aromatic heterocycles. The zero-order valence-corrected chi connectivity index (χ0v) is 13.6. The van der Waals surface area contributed by atoms with Crippen LogP contribution in [0.2, 0.25) is 0 Å². The molecule has 1 unspecified atom stereocenters. The average Bonchev–Trinajstić information content (AvgIpc) is 2.86. The average molecular weight is 285 g/mol. The minimum absolute atomic E-state index is 0.218. The first kappa shape index (κ1) is 14.6. The maximum atomic E-state index is 5.08. The van der Waals surface area contributed by atoms with Crippen molar-refractivity contribution in [3.63, 3.8) is 0 Å². The van der Waals surface area contributed by atoms with Crippen molar-refractivity contribution in [3.8, 4) is 0 Å². The van der Waals surface area contributed by atoms with Gasteiger partial charge in [0.2, 0.25) is 0 Å². The Morgan fingerprint density at radius 2 is 2.19 bits per heavy atom. The summed E-state index contributed by atoms with van der Waals surface area (Å²) in [5.74, 6) is 1.31. The summed E-state index contributed by atoms with van der Waals surface area (Å²) in [7, 11) is 0. The van der Waals surface area contributed by atoms with Crippen molar-refractivity contribution in [1.29, 1.82) is 0 Å². The Kier molecular flexibility index (Phi) is 4.03. The van der Waals surface area contributed by atoms with Gasteiger partial charge in [0, 0.05) is 18.5 Å². The predicted molar refractivity (Wildman–Crippen MR) is 88.8 cm³/mol. The van der Waals surface area contributed by atoms with E-state index in [0.29, 0.717) is 0 Å². The quantitative estimate of drug-likeness (QED) is 0.926. The van der Waals surface area contributed by atoms with Crippen LogP contribution in [0.5, 0.6) is 0 Å². The highest BCUT2D eigenvalue weighted by molar-refractivity contribution is 5.77. The van der Waals surface area contributed by atoms with Crippen LogP contribution in [0.4, 0.5) is 0 Å². The van der Waals surface area contributed by atoms with Crippen LogP contribution in [0.15, 0.2) is 18.2 Å². The normalized spacial score (nSPS) is 22.8. The molecule has 0 saturated carbocycles. The molecule has 0 spiro atoms. The number of piperidine rings is 1. The zero-order valence-electron chi connectivity index (χ0n) is 13.6. The van der Waals surface area contributed by atoms with Crippen LogP contribution in [0.1, 0.15) is 50.9 Å². The van der Waals surface area contributed by atoms with Gasteiger partial charge in [-0.15, -0.1) is 0 Å². The van der Waals surface area contributed by atoms with Crippen molar-refractivity contribution in [2.45, 2.75) is 58.4 Å². The van der Waals surface area contributed by atoms with Gasteiger partial charge < -0.3 is 9.88 Å². The van der Waals surface area contributed by atoms with E-state index in [1.807, 2.05) is 0 Å². The third kappa shape index (κ3) is 2.48. The summed E-state index contributed by atoms with van der Waals surface area (Å²) in [5, 5.41) is 3.61. The van der Waals surface area contributed by atoms with Gasteiger partial charge in [0.05, 0.1) is 11.0 Å². The molecule has 21 heavy (non-hydrogen) atoms. The molecule has 0 bridgehead atoms.